The summed E-state index contributed by atoms with van der Waals surface area (Å²) in [7, 11) is 0. The van der Waals surface area contributed by atoms with Crippen molar-refractivity contribution in [3.8, 4) is 5.75 Å². The van der Waals surface area contributed by atoms with Crippen LogP contribution in [0.2, 0.25) is 0 Å². The van der Waals surface area contributed by atoms with Gasteiger partial charge in [-0.25, -0.2) is 9.59 Å². The van der Waals surface area contributed by atoms with Gasteiger partial charge in [-0.1, -0.05) is 30.9 Å². The van der Waals surface area contributed by atoms with Crippen LogP contribution in [0.4, 0.5) is 4.79 Å². The van der Waals surface area contributed by atoms with Crippen molar-refractivity contribution in [3.05, 3.63) is 43.0 Å². The number of amides is 1. The topological polar surface area (TPSA) is 76.1 Å². The van der Waals surface area contributed by atoms with Crippen LogP contribution in [-0.4, -0.2) is 47.4 Å². The first-order valence-corrected chi connectivity index (χ1v) is 7.07. The summed E-state index contributed by atoms with van der Waals surface area (Å²) in [4.78, 5) is 24.9. The van der Waals surface area contributed by atoms with E-state index in [0.29, 0.717) is 5.75 Å². The number of carbonyl (C=O) groups is 2. The molecule has 6 nitrogen and oxygen atoms in total. The van der Waals surface area contributed by atoms with Gasteiger partial charge in [0.15, 0.2) is 0 Å². The number of carboxylic acids is 1. The van der Waals surface area contributed by atoms with E-state index < -0.39 is 17.7 Å². The smallest absolute Gasteiger partial charge is 0.410 e. The van der Waals surface area contributed by atoms with Crippen LogP contribution < -0.4 is 4.74 Å². The van der Waals surface area contributed by atoms with E-state index in [-0.39, 0.29) is 32.5 Å². The lowest BCUT2D eigenvalue weighted by molar-refractivity contribution is -0.159. The molecule has 0 aliphatic carbocycles. The maximum Gasteiger partial charge on any atom is 0.410 e. The molecule has 2 rings (SSSR count). The van der Waals surface area contributed by atoms with Crippen LogP contribution in [0.15, 0.2) is 43.0 Å². The first-order valence-electron chi connectivity index (χ1n) is 7.07. The molecule has 1 aliphatic rings. The number of nitrogens with zero attached hydrogens (tertiary/aromatic N) is 1. The molecule has 1 aliphatic heterocycles. The summed E-state index contributed by atoms with van der Waals surface area (Å²) in [6.45, 7) is 4.16. The third-order valence-corrected chi connectivity index (χ3v) is 3.60. The van der Waals surface area contributed by atoms with Crippen molar-refractivity contribution in [2.24, 2.45) is 0 Å². The highest BCUT2D eigenvalue weighted by Crippen LogP contribution is 2.29. The minimum Gasteiger partial charge on any atom is -0.478 e. The number of aliphatic carboxylic acids is 1. The van der Waals surface area contributed by atoms with Crippen LogP contribution in [0.5, 0.6) is 5.75 Å². The predicted molar refractivity (Wildman–Crippen MR) is 79.8 cm³/mol. The second-order valence-electron chi connectivity index (χ2n) is 5.07. The Kier molecular flexibility index (Phi) is 5.04. The number of carbonyl (C=O) groups excluding carboxylic acids is 1. The summed E-state index contributed by atoms with van der Waals surface area (Å²) in [5.74, 6) is -0.511. The predicted octanol–water partition coefficient (Wildman–Crippen LogP) is 2.31. The number of rotatable bonds is 5. The fraction of sp³-hybridized carbons (Fsp3) is 0.375. The SMILES string of the molecule is C=CCOC(=O)N1CCC(Oc2ccccc2)(C(=O)O)CC1. The van der Waals surface area contributed by atoms with Crippen LogP contribution >= 0.6 is 0 Å². The highest BCUT2D eigenvalue weighted by Gasteiger charge is 2.45. The van der Waals surface area contributed by atoms with Crippen LogP contribution in [0.3, 0.4) is 0 Å². The van der Waals surface area contributed by atoms with Crippen LogP contribution in [0.25, 0.3) is 0 Å². The van der Waals surface area contributed by atoms with E-state index in [9.17, 15) is 14.7 Å². The molecule has 0 saturated carbocycles. The first-order chi connectivity index (χ1) is 10.6. The highest BCUT2D eigenvalue weighted by atomic mass is 16.6. The number of benzene rings is 1. The molecule has 1 aromatic carbocycles. The Morgan fingerprint density at radius 3 is 2.45 bits per heavy atom. The van der Waals surface area contributed by atoms with E-state index in [1.807, 2.05) is 6.07 Å². The van der Waals surface area contributed by atoms with Crippen molar-refractivity contribution < 1.29 is 24.2 Å². The molecule has 1 N–H and O–H groups in total. The number of carboxylic acid groups (broad SMARTS) is 1. The van der Waals surface area contributed by atoms with Crippen molar-refractivity contribution in [1.82, 2.24) is 4.90 Å². The zero-order chi connectivity index (χ0) is 16.0. The number of hydrogen-bond donors (Lipinski definition) is 1. The van der Waals surface area contributed by atoms with Gasteiger partial charge in [0.2, 0.25) is 5.60 Å². The maximum absolute atomic E-state index is 11.8. The summed E-state index contributed by atoms with van der Waals surface area (Å²) in [5.41, 5.74) is -1.31. The average molecular weight is 305 g/mol. The number of hydrogen-bond acceptors (Lipinski definition) is 4. The fourth-order valence-electron chi connectivity index (χ4n) is 2.35. The Balaban J connectivity index is 2.02. The minimum atomic E-state index is -1.31. The van der Waals surface area contributed by atoms with Gasteiger partial charge in [0.25, 0.3) is 0 Å². The summed E-state index contributed by atoms with van der Waals surface area (Å²) in [6.07, 6.45) is 1.45. The van der Waals surface area contributed by atoms with E-state index in [4.69, 9.17) is 9.47 Å². The number of para-hydroxylation sites is 1. The van der Waals surface area contributed by atoms with Crippen molar-refractivity contribution >= 4 is 12.1 Å². The Morgan fingerprint density at radius 1 is 1.27 bits per heavy atom. The zero-order valence-corrected chi connectivity index (χ0v) is 12.2. The molecule has 6 heteroatoms. The molecular weight excluding hydrogens is 286 g/mol. The maximum atomic E-state index is 11.8. The first kappa shape index (κ1) is 15.9. The third-order valence-electron chi connectivity index (χ3n) is 3.60. The Morgan fingerprint density at radius 2 is 1.91 bits per heavy atom. The molecule has 0 atom stereocenters. The molecule has 0 radical (unpaired) electrons. The van der Waals surface area contributed by atoms with E-state index in [1.54, 1.807) is 24.3 Å². The number of piperidine rings is 1. The van der Waals surface area contributed by atoms with Gasteiger partial charge >= 0.3 is 12.1 Å². The third kappa shape index (κ3) is 3.58. The summed E-state index contributed by atoms with van der Waals surface area (Å²) in [5, 5.41) is 9.54. The van der Waals surface area contributed by atoms with Crippen molar-refractivity contribution in [2.45, 2.75) is 18.4 Å². The second kappa shape index (κ2) is 6.98. The van der Waals surface area contributed by atoms with Gasteiger partial charge in [0.1, 0.15) is 12.4 Å². The standard InChI is InChI=1S/C16H19NO5/c1-2-12-21-15(20)17-10-8-16(9-11-17,14(18)19)22-13-6-4-3-5-7-13/h2-7H,1,8-12H2,(H,18,19). The lowest BCUT2D eigenvalue weighted by Crippen LogP contribution is -2.54. The van der Waals surface area contributed by atoms with Gasteiger partial charge < -0.3 is 19.5 Å². The molecule has 1 saturated heterocycles. The second-order valence-corrected chi connectivity index (χ2v) is 5.07. The zero-order valence-electron chi connectivity index (χ0n) is 12.2. The van der Waals surface area contributed by atoms with Crippen LogP contribution in [0, 0.1) is 0 Å². The molecule has 1 heterocycles. The average Bonchev–Trinajstić information content (AvgIpc) is 2.54. The quantitative estimate of drug-likeness (QED) is 0.845. The van der Waals surface area contributed by atoms with Gasteiger partial charge in [-0.15, -0.1) is 0 Å². The molecule has 1 fully saturated rings. The lowest BCUT2D eigenvalue weighted by atomic mass is 9.91. The van der Waals surface area contributed by atoms with E-state index in [2.05, 4.69) is 6.58 Å². The van der Waals surface area contributed by atoms with Gasteiger partial charge in [-0.2, -0.15) is 0 Å². The molecule has 1 amide bonds. The summed E-state index contributed by atoms with van der Waals surface area (Å²) >= 11 is 0. The van der Waals surface area contributed by atoms with Gasteiger partial charge in [0.05, 0.1) is 0 Å². The lowest BCUT2D eigenvalue weighted by Gasteiger charge is -2.38. The van der Waals surface area contributed by atoms with Crippen molar-refractivity contribution in [3.63, 3.8) is 0 Å². The normalized spacial score (nSPS) is 16.6. The monoisotopic (exact) mass is 305 g/mol. The van der Waals surface area contributed by atoms with Gasteiger partial charge in [-0.3, -0.25) is 0 Å². The van der Waals surface area contributed by atoms with Crippen LogP contribution in [-0.2, 0) is 9.53 Å². The van der Waals surface area contributed by atoms with Crippen molar-refractivity contribution in [1.29, 1.82) is 0 Å². The molecular formula is C16H19NO5. The summed E-state index contributed by atoms with van der Waals surface area (Å²) in [6, 6.07) is 8.84. The molecule has 0 unspecified atom stereocenters. The van der Waals surface area contributed by atoms with Crippen LogP contribution in [0.1, 0.15) is 12.8 Å². The van der Waals surface area contributed by atoms with Gasteiger partial charge in [-0.05, 0) is 12.1 Å². The molecule has 0 bridgehead atoms. The molecule has 118 valence electrons. The van der Waals surface area contributed by atoms with E-state index in [0.717, 1.165) is 0 Å². The van der Waals surface area contributed by atoms with E-state index >= 15 is 0 Å². The highest BCUT2D eigenvalue weighted by molar-refractivity contribution is 5.79. The Labute approximate surface area is 128 Å². The molecule has 0 aromatic heterocycles. The van der Waals surface area contributed by atoms with Gasteiger partial charge in [0, 0.05) is 25.9 Å². The minimum absolute atomic E-state index is 0.139. The number of likely N-dealkylation sites (tertiary alicyclic amines) is 1. The van der Waals surface area contributed by atoms with E-state index in [1.165, 1.54) is 11.0 Å². The molecule has 22 heavy (non-hydrogen) atoms. The summed E-state index contributed by atoms with van der Waals surface area (Å²) < 4.78 is 10.7. The number of ether oxygens (including phenoxy) is 2. The fourth-order valence-corrected chi connectivity index (χ4v) is 2.35. The largest absolute Gasteiger partial charge is 0.478 e. The molecule has 1 aromatic rings. The molecule has 0 spiro atoms. The van der Waals surface area contributed by atoms with Crippen molar-refractivity contribution in [2.75, 3.05) is 19.7 Å². The Bertz CT molecular complexity index is 535. The Hall–Kier alpha value is -2.50.